The van der Waals surface area contributed by atoms with Gasteiger partial charge in [0.05, 0.1) is 12.8 Å². The highest BCUT2D eigenvalue weighted by Crippen LogP contribution is 2.31. The van der Waals surface area contributed by atoms with Crippen LogP contribution in [0.2, 0.25) is 0 Å². The maximum atomic E-state index is 12.1. The first kappa shape index (κ1) is 13.3. The zero-order valence-electron chi connectivity index (χ0n) is 10.9. The Balaban J connectivity index is 2.39. The summed E-state index contributed by atoms with van der Waals surface area (Å²) in [7, 11) is 2.89. The molecule has 1 aromatic rings. The number of ketones is 1. The number of carbonyl (C=O) groups is 3. The molecule has 1 aliphatic rings. The fourth-order valence-electron chi connectivity index (χ4n) is 2.25. The standard InChI is InChI=1S/C14H15NO4/c1-15-12(17)7-6-9-4-3-5-10(14(9)15)11(16)8-13(18)19-2/h3-5H,6-8H2,1-2H3. The topological polar surface area (TPSA) is 63.7 Å². The van der Waals surface area contributed by atoms with Crippen molar-refractivity contribution >= 4 is 23.3 Å². The minimum atomic E-state index is -0.576. The third kappa shape index (κ3) is 2.50. The van der Waals surface area contributed by atoms with Crippen molar-refractivity contribution in [1.29, 1.82) is 0 Å². The minimum Gasteiger partial charge on any atom is -0.469 e. The molecule has 0 saturated heterocycles. The number of nitrogens with zero attached hydrogens (tertiary/aromatic N) is 1. The van der Waals surface area contributed by atoms with E-state index in [-0.39, 0.29) is 18.1 Å². The number of hydrogen-bond acceptors (Lipinski definition) is 4. The summed E-state index contributed by atoms with van der Waals surface area (Å²) in [5.74, 6) is -0.927. The number of amides is 1. The van der Waals surface area contributed by atoms with Crippen LogP contribution >= 0.6 is 0 Å². The first-order valence-corrected chi connectivity index (χ1v) is 6.03. The Bertz CT molecular complexity index is 550. The van der Waals surface area contributed by atoms with E-state index in [2.05, 4.69) is 4.74 Å². The molecular weight excluding hydrogens is 246 g/mol. The second-order valence-corrected chi connectivity index (χ2v) is 4.44. The van der Waals surface area contributed by atoms with E-state index < -0.39 is 5.97 Å². The van der Waals surface area contributed by atoms with Gasteiger partial charge in [0.2, 0.25) is 5.91 Å². The Morgan fingerprint density at radius 1 is 1.32 bits per heavy atom. The molecule has 0 bridgehead atoms. The summed E-state index contributed by atoms with van der Waals surface area (Å²) in [5, 5.41) is 0. The van der Waals surface area contributed by atoms with Crippen LogP contribution in [0.25, 0.3) is 0 Å². The van der Waals surface area contributed by atoms with Gasteiger partial charge in [-0.25, -0.2) is 0 Å². The fraction of sp³-hybridized carbons (Fsp3) is 0.357. The van der Waals surface area contributed by atoms with Crippen molar-refractivity contribution in [2.24, 2.45) is 0 Å². The van der Waals surface area contributed by atoms with Crippen molar-refractivity contribution in [3.05, 3.63) is 29.3 Å². The largest absolute Gasteiger partial charge is 0.469 e. The first-order valence-electron chi connectivity index (χ1n) is 6.03. The molecule has 5 nitrogen and oxygen atoms in total. The Labute approximate surface area is 111 Å². The number of hydrogen-bond donors (Lipinski definition) is 0. The van der Waals surface area contributed by atoms with E-state index in [0.29, 0.717) is 24.1 Å². The molecule has 0 atom stereocenters. The molecule has 19 heavy (non-hydrogen) atoms. The lowest BCUT2D eigenvalue weighted by atomic mass is 9.95. The van der Waals surface area contributed by atoms with Crippen molar-refractivity contribution in [3.63, 3.8) is 0 Å². The Morgan fingerprint density at radius 3 is 2.74 bits per heavy atom. The molecule has 0 aromatic heterocycles. The molecule has 1 aliphatic heterocycles. The SMILES string of the molecule is COC(=O)CC(=O)c1cccc2c1N(C)C(=O)CC2. The van der Waals surface area contributed by atoms with Crippen molar-refractivity contribution in [1.82, 2.24) is 0 Å². The number of rotatable bonds is 3. The number of benzene rings is 1. The van der Waals surface area contributed by atoms with Crippen LogP contribution < -0.4 is 4.90 Å². The number of esters is 1. The molecule has 0 radical (unpaired) electrons. The van der Waals surface area contributed by atoms with Crippen LogP contribution in [0.3, 0.4) is 0 Å². The molecular formula is C14H15NO4. The molecule has 100 valence electrons. The van der Waals surface area contributed by atoms with E-state index in [9.17, 15) is 14.4 Å². The Morgan fingerprint density at radius 2 is 2.05 bits per heavy atom. The molecule has 0 N–H and O–H groups in total. The van der Waals surface area contributed by atoms with Crippen molar-refractivity contribution in [2.45, 2.75) is 19.3 Å². The Hall–Kier alpha value is -2.17. The molecule has 0 fully saturated rings. The van der Waals surface area contributed by atoms with Crippen molar-refractivity contribution in [3.8, 4) is 0 Å². The van der Waals surface area contributed by atoms with Gasteiger partial charge in [-0.1, -0.05) is 12.1 Å². The highest BCUT2D eigenvalue weighted by molar-refractivity contribution is 6.12. The van der Waals surface area contributed by atoms with Gasteiger partial charge in [0.1, 0.15) is 6.42 Å². The van der Waals surface area contributed by atoms with Crippen molar-refractivity contribution < 1.29 is 19.1 Å². The maximum Gasteiger partial charge on any atom is 0.313 e. The molecule has 0 aliphatic carbocycles. The smallest absolute Gasteiger partial charge is 0.313 e. The summed E-state index contributed by atoms with van der Waals surface area (Å²) in [6, 6.07) is 5.30. The van der Waals surface area contributed by atoms with Gasteiger partial charge in [-0.2, -0.15) is 0 Å². The lowest BCUT2D eigenvalue weighted by Gasteiger charge is -2.27. The summed E-state index contributed by atoms with van der Waals surface area (Å²) in [5.41, 5.74) is 1.98. The number of methoxy groups -OCH3 is 1. The molecule has 1 aromatic carbocycles. The molecule has 0 unspecified atom stereocenters. The number of anilines is 1. The second kappa shape index (κ2) is 5.22. The maximum absolute atomic E-state index is 12.1. The molecule has 5 heteroatoms. The highest BCUT2D eigenvalue weighted by atomic mass is 16.5. The van der Waals surface area contributed by atoms with Gasteiger partial charge < -0.3 is 9.64 Å². The third-order valence-corrected chi connectivity index (χ3v) is 3.27. The highest BCUT2D eigenvalue weighted by Gasteiger charge is 2.26. The van der Waals surface area contributed by atoms with E-state index >= 15 is 0 Å². The summed E-state index contributed by atoms with van der Waals surface area (Å²) in [6.45, 7) is 0. The van der Waals surface area contributed by atoms with Gasteiger partial charge >= 0.3 is 5.97 Å². The molecule has 0 saturated carbocycles. The number of fused-ring (bicyclic) bond motifs is 1. The third-order valence-electron chi connectivity index (χ3n) is 3.27. The summed E-state index contributed by atoms with van der Waals surface area (Å²) < 4.78 is 4.49. The average Bonchev–Trinajstić information content (AvgIpc) is 2.42. The molecule has 2 rings (SSSR count). The van der Waals surface area contributed by atoms with Gasteiger partial charge in [-0.05, 0) is 18.1 Å². The predicted octanol–water partition coefficient (Wildman–Crippen LogP) is 1.34. The van der Waals surface area contributed by atoms with Gasteiger partial charge in [0.15, 0.2) is 5.78 Å². The zero-order chi connectivity index (χ0) is 14.0. The van der Waals surface area contributed by atoms with Gasteiger partial charge in [0, 0.05) is 19.0 Å². The number of aryl methyl sites for hydroxylation is 1. The van der Waals surface area contributed by atoms with Crippen LogP contribution in [0, 0.1) is 0 Å². The normalized spacial score (nSPS) is 14.0. The van der Waals surface area contributed by atoms with E-state index in [1.807, 2.05) is 6.07 Å². The fourth-order valence-corrected chi connectivity index (χ4v) is 2.25. The van der Waals surface area contributed by atoms with E-state index in [0.717, 1.165) is 5.56 Å². The minimum absolute atomic E-state index is 0.0224. The van der Waals surface area contributed by atoms with E-state index in [1.54, 1.807) is 19.2 Å². The second-order valence-electron chi connectivity index (χ2n) is 4.44. The first-order chi connectivity index (χ1) is 9.04. The lowest BCUT2D eigenvalue weighted by Crippen LogP contribution is -2.32. The monoisotopic (exact) mass is 261 g/mol. The van der Waals surface area contributed by atoms with Crippen LogP contribution in [0.5, 0.6) is 0 Å². The van der Waals surface area contributed by atoms with Crippen LogP contribution in [-0.2, 0) is 20.7 Å². The van der Waals surface area contributed by atoms with Crippen LogP contribution in [-0.4, -0.2) is 31.8 Å². The van der Waals surface area contributed by atoms with Gasteiger partial charge in [-0.3, -0.25) is 14.4 Å². The van der Waals surface area contributed by atoms with Gasteiger partial charge in [0.25, 0.3) is 0 Å². The van der Waals surface area contributed by atoms with E-state index in [4.69, 9.17) is 0 Å². The number of Topliss-reactive ketones (excluding diaryl/α,β-unsaturated/α-hetero) is 1. The summed E-state index contributed by atoms with van der Waals surface area (Å²) in [6.07, 6.45) is 0.755. The average molecular weight is 261 g/mol. The number of carbonyl (C=O) groups excluding carboxylic acids is 3. The zero-order valence-corrected chi connectivity index (χ0v) is 10.9. The van der Waals surface area contributed by atoms with Crippen LogP contribution in [0.1, 0.15) is 28.8 Å². The quantitative estimate of drug-likeness (QED) is 0.468. The lowest BCUT2D eigenvalue weighted by molar-refractivity contribution is -0.139. The summed E-state index contributed by atoms with van der Waals surface area (Å²) >= 11 is 0. The summed E-state index contributed by atoms with van der Waals surface area (Å²) in [4.78, 5) is 36.5. The Kier molecular flexibility index (Phi) is 3.64. The van der Waals surface area contributed by atoms with Gasteiger partial charge in [-0.15, -0.1) is 0 Å². The molecule has 1 amide bonds. The molecule has 1 heterocycles. The van der Waals surface area contributed by atoms with Crippen LogP contribution in [0.15, 0.2) is 18.2 Å². The number of ether oxygens (including phenoxy) is 1. The van der Waals surface area contributed by atoms with E-state index in [1.165, 1.54) is 12.0 Å². The predicted molar refractivity (Wildman–Crippen MR) is 69.1 cm³/mol. The number of para-hydroxylation sites is 1. The molecule has 0 spiro atoms. The van der Waals surface area contributed by atoms with Crippen molar-refractivity contribution in [2.75, 3.05) is 19.1 Å². The van der Waals surface area contributed by atoms with Crippen LogP contribution in [0.4, 0.5) is 5.69 Å².